The third-order valence-corrected chi connectivity index (χ3v) is 6.13. The molecule has 0 aromatic carbocycles. The summed E-state index contributed by atoms with van der Waals surface area (Å²) in [5.74, 6) is 0. The minimum absolute atomic E-state index is 0.278. The van der Waals surface area contributed by atoms with Gasteiger partial charge in [-0.2, -0.15) is 34.4 Å². The molecular formula is C12H27B3Cl3N3. The minimum atomic E-state index is -0.278. The van der Waals surface area contributed by atoms with Gasteiger partial charge in [-0.15, -0.1) is 0 Å². The molecule has 1 fully saturated rings. The van der Waals surface area contributed by atoms with Crippen LogP contribution in [-0.4, -0.2) is 51.5 Å². The van der Waals surface area contributed by atoms with Crippen molar-refractivity contribution in [3.63, 3.8) is 0 Å². The van der Waals surface area contributed by atoms with Crippen LogP contribution in [0.4, 0.5) is 0 Å². The molecule has 0 aromatic heterocycles. The molecule has 0 bridgehead atoms. The van der Waals surface area contributed by atoms with Gasteiger partial charge in [0.2, 0.25) is 0 Å². The molecule has 0 N–H and O–H groups in total. The van der Waals surface area contributed by atoms with E-state index in [1.165, 1.54) is 0 Å². The van der Waals surface area contributed by atoms with E-state index in [1.807, 2.05) is 0 Å². The second-order valence-electron chi connectivity index (χ2n) is 6.05. The predicted molar refractivity (Wildman–Crippen MR) is 99.6 cm³/mol. The van der Waals surface area contributed by atoms with Crippen molar-refractivity contribution < 1.29 is 0 Å². The maximum atomic E-state index is 6.76. The van der Waals surface area contributed by atoms with Crippen LogP contribution in [0.15, 0.2) is 0 Å². The summed E-state index contributed by atoms with van der Waals surface area (Å²) in [5.41, 5.74) is 0. The molecule has 21 heavy (non-hydrogen) atoms. The number of nitrogens with zero attached hydrogens (tertiary/aromatic N) is 3. The van der Waals surface area contributed by atoms with Gasteiger partial charge in [0.15, 0.2) is 0 Å². The van der Waals surface area contributed by atoms with Gasteiger partial charge in [-0.1, -0.05) is 41.5 Å². The summed E-state index contributed by atoms with van der Waals surface area (Å²) in [5, 5.41) is 0. The van der Waals surface area contributed by atoms with Crippen molar-refractivity contribution in [1.82, 2.24) is 14.2 Å². The fourth-order valence-corrected chi connectivity index (χ4v) is 4.63. The van der Waals surface area contributed by atoms with Gasteiger partial charge in [0.05, 0.1) is 0 Å². The van der Waals surface area contributed by atoms with Crippen LogP contribution in [0.2, 0.25) is 0 Å². The summed E-state index contributed by atoms with van der Waals surface area (Å²) >= 11 is 20.3. The first kappa shape index (κ1) is 20.0. The molecule has 1 saturated heterocycles. The summed E-state index contributed by atoms with van der Waals surface area (Å²) in [6.45, 7) is 13.0. The van der Waals surface area contributed by atoms with E-state index in [9.17, 15) is 0 Å². The maximum Gasteiger partial charge on any atom is 0.401 e. The normalized spacial score (nSPS) is 23.6. The summed E-state index contributed by atoms with van der Waals surface area (Å²) in [7, 11) is 0. The zero-order valence-corrected chi connectivity index (χ0v) is 16.3. The Kier molecular flexibility index (Phi) is 8.28. The molecule has 0 radical (unpaired) electrons. The van der Waals surface area contributed by atoms with E-state index in [1.54, 1.807) is 0 Å². The molecule has 1 aliphatic heterocycles. The monoisotopic (exact) mass is 351 g/mol. The van der Waals surface area contributed by atoms with Crippen LogP contribution in [0.3, 0.4) is 0 Å². The largest absolute Gasteiger partial charge is 0.401 e. The predicted octanol–water partition coefficient (Wildman–Crippen LogP) is 3.97. The quantitative estimate of drug-likeness (QED) is 0.670. The Morgan fingerprint density at radius 2 is 0.810 bits per heavy atom. The lowest BCUT2D eigenvalue weighted by Gasteiger charge is -2.53. The molecule has 0 aromatic rings. The topological polar surface area (TPSA) is 9.72 Å². The smallest absolute Gasteiger partial charge is 0.326 e. The number of hydrogen-bond donors (Lipinski definition) is 0. The molecule has 3 unspecified atom stereocenters. The zero-order chi connectivity index (χ0) is 16.3. The van der Waals surface area contributed by atoms with Gasteiger partial charge in [-0.25, -0.2) is 0 Å². The van der Waals surface area contributed by atoms with Gasteiger partial charge in [0.1, 0.15) is 0 Å². The molecule has 0 saturated carbocycles. The molecule has 120 valence electrons. The van der Waals surface area contributed by atoms with Crippen molar-refractivity contribution in [3.05, 3.63) is 0 Å². The van der Waals surface area contributed by atoms with E-state index in [-0.39, 0.29) is 19.2 Å². The molecular weight excluding hydrogens is 325 g/mol. The van der Waals surface area contributed by atoms with Crippen molar-refractivity contribution in [2.24, 2.45) is 0 Å². The molecule has 0 aliphatic carbocycles. The first-order valence-corrected chi connectivity index (χ1v) is 9.37. The first-order valence-electron chi connectivity index (χ1n) is 8.06. The molecule has 0 amide bonds. The van der Waals surface area contributed by atoms with Crippen molar-refractivity contribution >= 4 is 53.6 Å². The van der Waals surface area contributed by atoms with Crippen molar-refractivity contribution in [3.8, 4) is 0 Å². The van der Waals surface area contributed by atoms with Gasteiger partial charge in [-0.3, -0.25) is 0 Å². The van der Waals surface area contributed by atoms with Crippen LogP contribution < -0.4 is 0 Å². The Morgan fingerprint density at radius 3 is 0.952 bits per heavy atom. The Labute approximate surface area is 146 Å². The lowest BCUT2D eigenvalue weighted by Crippen LogP contribution is -2.77. The van der Waals surface area contributed by atoms with Crippen molar-refractivity contribution in [2.45, 2.75) is 78.9 Å². The third kappa shape index (κ3) is 4.08. The first-order chi connectivity index (χ1) is 9.81. The van der Waals surface area contributed by atoms with Crippen molar-refractivity contribution in [2.75, 3.05) is 0 Å². The Bertz CT molecular complexity index is 270. The van der Waals surface area contributed by atoms with E-state index in [0.29, 0.717) is 18.1 Å². The molecule has 1 rings (SSSR count). The van der Waals surface area contributed by atoms with Gasteiger partial charge in [0, 0.05) is 0 Å². The average Bonchev–Trinajstić information content (AvgIpc) is 2.46. The highest BCUT2D eigenvalue weighted by Gasteiger charge is 2.54. The molecule has 1 heterocycles. The highest BCUT2D eigenvalue weighted by atomic mass is 35.5. The molecule has 3 nitrogen and oxygen atoms in total. The lowest BCUT2D eigenvalue weighted by atomic mass is 9.67. The van der Waals surface area contributed by atoms with Crippen molar-refractivity contribution in [1.29, 1.82) is 0 Å². The van der Waals surface area contributed by atoms with E-state index >= 15 is 0 Å². The standard InChI is InChI=1S/C12H27B3Cl3N3/c1-7-10(4)19-13(16)20(11(5)8-2)15(18)21(14(19)17)12(6)9-3/h10-12H,7-9H2,1-6H3. The van der Waals surface area contributed by atoms with Gasteiger partial charge in [-0.05, 0) is 37.4 Å². The maximum absolute atomic E-state index is 6.76. The van der Waals surface area contributed by atoms with E-state index in [4.69, 9.17) is 34.4 Å². The Morgan fingerprint density at radius 1 is 0.619 bits per heavy atom. The lowest BCUT2D eigenvalue weighted by molar-refractivity contribution is 0.336. The second kappa shape index (κ2) is 8.70. The molecule has 1 aliphatic rings. The van der Waals surface area contributed by atoms with Gasteiger partial charge >= 0.3 is 19.2 Å². The summed E-state index contributed by atoms with van der Waals surface area (Å²) < 4.78 is 6.50. The zero-order valence-electron chi connectivity index (χ0n) is 14.1. The average molecular weight is 352 g/mol. The van der Waals surface area contributed by atoms with E-state index in [2.05, 4.69) is 55.7 Å². The van der Waals surface area contributed by atoms with E-state index < -0.39 is 0 Å². The van der Waals surface area contributed by atoms with Crippen LogP contribution in [0.5, 0.6) is 0 Å². The van der Waals surface area contributed by atoms with Gasteiger partial charge < -0.3 is 14.2 Å². The van der Waals surface area contributed by atoms with Crippen LogP contribution in [0.1, 0.15) is 60.8 Å². The van der Waals surface area contributed by atoms with Crippen LogP contribution in [0, 0.1) is 0 Å². The van der Waals surface area contributed by atoms with Crippen LogP contribution in [-0.2, 0) is 0 Å². The van der Waals surface area contributed by atoms with Crippen LogP contribution in [0.25, 0.3) is 0 Å². The number of rotatable bonds is 6. The molecule has 9 heteroatoms. The molecule has 0 spiro atoms. The Balaban J connectivity index is 3.16. The fraction of sp³-hybridized carbons (Fsp3) is 1.00. The summed E-state index contributed by atoms with van der Waals surface area (Å²) in [6.07, 6.45) is 2.17. The number of halogens is 3. The fourth-order valence-electron chi connectivity index (χ4n) is 2.66. The second-order valence-corrected chi connectivity index (χ2v) is 7.22. The Hall–Kier alpha value is 0.945. The number of hydrogen-bond acceptors (Lipinski definition) is 3. The highest BCUT2D eigenvalue weighted by molar-refractivity contribution is 7.25. The third-order valence-electron chi connectivity index (χ3n) is 4.78. The molecule has 3 atom stereocenters. The van der Waals surface area contributed by atoms with Crippen LogP contribution >= 0.6 is 34.4 Å². The van der Waals surface area contributed by atoms with Gasteiger partial charge in [0.25, 0.3) is 0 Å². The summed E-state index contributed by atoms with van der Waals surface area (Å²) in [6, 6.07) is 0.909. The van der Waals surface area contributed by atoms with E-state index in [0.717, 1.165) is 19.3 Å². The summed E-state index contributed by atoms with van der Waals surface area (Å²) in [4.78, 5) is 0. The highest BCUT2D eigenvalue weighted by Crippen LogP contribution is 2.32. The SMILES string of the molecule is CCC(C)N1B(Cl)N(C(C)CC)B(Cl)N(C(C)CC)B1Cl. The minimum Gasteiger partial charge on any atom is -0.326 e.